The molecule has 3 nitrogen and oxygen atoms in total. The highest BCUT2D eigenvalue weighted by Crippen LogP contribution is 2.14. The van der Waals surface area contributed by atoms with Gasteiger partial charge in [0, 0.05) is 31.0 Å². The Labute approximate surface area is 103 Å². The zero-order valence-corrected chi connectivity index (χ0v) is 10.6. The fourth-order valence-corrected chi connectivity index (χ4v) is 1.79. The average Bonchev–Trinajstić information content (AvgIpc) is 2.15. The summed E-state index contributed by atoms with van der Waals surface area (Å²) >= 11 is 3.23. The molecule has 1 rings (SSSR count). The summed E-state index contributed by atoms with van der Waals surface area (Å²) in [6.45, 7) is 3.29. The van der Waals surface area contributed by atoms with Crippen molar-refractivity contribution in [1.29, 1.82) is 0 Å². The molecule has 0 saturated carbocycles. The van der Waals surface area contributed by atoms with Crippen LogP contribution in [0.3, 0.4) is 0 Å². The van der Waals surface area contributed by atoms with Gasteiger partial charge < -0.3 is 10.6 Å². The predicted octanol–water partition coefficient (Wildman–Crippen LogP) is 1.81. The fraction of sp³-hybridized carbons (Fsp3) is 0.364. The number of amides is 1. The maximum atomic E-state index is 13.0. The molecular weight excluding hydrogens is 275 g/mol. The molecule has 1 aromatic carbocycles. The van der Waals surface area contributed by atoms with Crippen molar-refractivity contribution in [3.05, 3.63) is 34.1 Å². The van der Waals surface area contributed by atoms with Crippen LogP contribution in [0.25, 0.3) is 0 Å². The van der Waals surface area contributed by atoms with Crippen molar-refractivity contribution in [2.45, 2.75) is 13.5 Å². The van der Waals surface area contributed by atoms with Gasteiger partial charge in [-0.15, -0.1) is 0 Å². The van der Waals surface area contributed by atoms with Crippen LogP contribution < -0.4 is 10.6 Å². The van der Waals surface area contributed by atoms with E-state index in [9.17, 15) is 9.18 Å². The average molecular weight is 289 g/mol. The monoisotopic (exact) mass is 288 g/mol. The molecule has 0 fully saturated rings. The SMILES string of the molecule is CC(=O)NCCNCc1cc(F)cc(Br)c1. The molecule has 0 radical (unpaired) electrons. The van der Waals surface area contributed by atoms with Gasteiger partial charge >= 0.3 is 0 Å². The fourth-order valence-electron chi connectivity index (χ4n) is 1.27. The lowest BCUT2D eigenvalue weighted by Gasteiger charge is -2.06. The van der Waals surface area contributed by atoms with Crippen molar-refractivity contribution in [2.75, 3.05) is 13.1 Å². The molecule has 0 unspecified atom stereocenters. The van der Waals surface area contributed by atoms with Gasteiger partial charge in [-0.05, 0) is 23.8 Å². The smallest absolute Gasteiger partial charge is 0.216 e. The molecule has 0 aliphatic heterocycles. The van der Waals surface area contributed by atoms with Crippen molar-refractivity contribution < 1.29 is 9.18 Å². The third-order valence-corrected chi connectivity index (χ3v) is 2.39. The Morgan fingerprint density at radius 1 is 1.38 bits per heavy atom. The Morgan fingerprint density at radius 2 is 2.12 bits per heavy atom. The third-order valence-electron chi connectivity index (χ3n) is 1.93. The van der Waals surface area contributed by atoms with Crippen LogP contribution in [0.2, 0.25) is 0 Å². The lowest BCUT2D eigenvalue weighted by Crippen LogP contribution is -2.29. The molecule has 0 aromatic heterocycles. The number of rotatable bonds is 5. The molecule has 0 aliphatic carbocycles. The number of halogens is 2. The second-order valence-corrected chi connectivity index (χ2v) is 4.35. The summed E-state index contributed by atoms with van der Waals surface area (Å²) in [5, 5.41) is 5.78. The summed E-state index contributed by atoms with van der Waals surface area (Å²) < 4.78 is 13.7. The standard InChI is InChI=1S/C11H14BrFN2O/c1-8(16)15-3-2-14-7-9-4-10(12)6-11(13)5-9/h4-6,14H,2-3,7H2,1H3,(H,15,16). The highest BCUT2D eigenvalue weighted by Gasteiger charge is 1.98. The quantitative estimate of drug-likeness (QED) is 0.812. The normalized spacial score (nSPS) is 10.2. The van der Waals surface area contributed by atoms with Gasteiger partial charge in [-0.1, -0.05) is 15.9 Å². The minimum atomic E-state index is -0.256. The van der Waals surface area contributed by atoms with Crippen LogP contribution in [-0.2, 0) is 11.3 Å². The Hall–Kier alpha value is -0.940. The van der Waals surface area contributed by atoms with E-state index in [4.69, 9.17) is 0 Å². The molecule has 16 heavy (non-hydrogen) atoms. The molecule has 2 N–H and O–H groups in total. The molecule has 88 valence electrons. The highest BCUT2D eigenvalue weighted by molar-refractivity contribution is 9.10. The van der Waals surface area contributed by atoms with E-state index in [2.05, 4.69) is 26.6 Å². The van der Waals surface area contributed by atoms with E-state index in [0.717, 1.165) is 10.0 Å². The van der Waals surface area contributed by atoms with E-state index in [-0.39, 0.29) is 11.7 Å². The van der Waals surface area contributed by atoms with Crippen LogP contribution in [0.15, 0.2) is 22.7 Å². The lowest BCUT2D eigenvalue weighted by atomic mass is 10.2. The third kappa shape index (κ3) is 5.23. The maximum Gasteiger partial charge on any atom is 0.216 e. The van der Waals surface area contributed by atoms with E-state index >= 15 is 0 Å². The molecular formula is C11H14BrFN2O. The highest BCUT2D eigenvalue weighted by atomic mass is 79.9. The zero-order chi connectivity index (χ0) is 12.0. The summed E-state index contributed by atoms with van der Waals surface area (Å²) in [5.74, 6) is -0.302. The predicted molar refractivity (Wildman–Crippen MR) is 64.5 cm³/mol. The molecule has 1 aromatic rings. The minimum Gasteiger partial charge on any atom is -0.355 e. The van der Waals surface area contributed by atoms with Crippen molar-refractivity contribution in [2.24, 2.45) is 0 Å². The van der Waals surface area contributed by atoms with E-state index in [1.165, 1.54) is 19.1 Å². The van der Waals surface area contributed by atoms with Crippen molar-refractivity contribution in [3.63, 3.8) is 0 Å². The number of nitrogens with one attached hydrogen (secondary N) is 2. The van der Waals surface area contributed by atoms with Crippen LogP contribution in [0.5, 0.6) is 0 Å². The topological polar surface area (TPSA) is 41.1 Å². The number of benzene rings is 1. The molecule has 0 heterocycles. The van der Waals surface area contributed by atoms with E-state index in [1.807, 2.05) is 6.07 Å². The largest absolute Gasteiger partial charge is 0.355 e. The Morgan fingerprint density at radius 3 is 2.75 bits per heavy atom. The lowest BCUT2D eigenvalue weighted by molar-refractivity contribution is -0.118. The van der Waals surface area contributed by atoms with Crippen molar-refractivity contribution in [3.8, 4) is 0 Å². The summed E-state index contributed by atoms with van der Waals surface area (Å²) in [6, 6.07) is 4.76. The second kappa shape index (κ2) is 6.60. The van der Waals surface area contributed by atoms with Crippen LogP contribution >= 0.6 is 15.9 Å². The summed E-state index contributed by atoms with van der Waals surface area (Å²) in [7, 11) is 0. The van der Waals surface area contributed by atoms with Crippen LogP contribution in [0, 0.1) is 5.82 Å². The molecule has 0 atom stereocenters. The summed E-state index contributed by atoms with van der Waals surface area (Å²) in [6.07, 6.45) is 0. The first-order chi connectivity index (χ1) is 7.58. The number of hydrogen-bond donors (Lipinski definition) is 2. The Kier molecular flexibility index (Phi) is 5.42. The Balaban J connectivity index is 2.29. The number of carbonyl (C=O) groups is 1. The van der Waals surface area contributed by atoms with Gasteiger partial charge in [0.2, 0.25) is 5.91 Å². The Bertz CT molecular complexity index is 351. The molecule has 0 aliphatic rings. The minimum absolute atomic E-state index is 0.0460. The van der Waals surface area contributed by atoms with Crippen LogP contribution in [0.1, 0.15) is 12.5 Å². The van der Waals surface area contributed by atoms with Gasteiger partial charge in [-0.2, -0.15) is 0 Å². The first-order valence-corrected chi connectivity index (χ1v) is 5.77. The first-order valence-electron chi connectivity index (χ1n) is 4.98. The van der Waals surface area contributed by atoms with Gasteiger partial charge in [-0.3, -0.25) is 4.79 Å². The van der Waals surface area contributed by atoms with Gasteiger partial charge in [0.05, 0.1) is 0 Å². The van der Waals surface area contributed by atoms with Gasteiger partial charge in [-0.25, -0.2) is 4.39 Å². The maximum absolute atomic E-state index is 13.0. The first kappa shape index (κ1) is 13.1. The van der Waals surface area contributed by atoms with Gasteiger partial charge in [0.15, 0.2) is 0 Å². The molecule has 0 saturated heterocycles. The van der Waals surface area contributed by atoms with Gasteiger partial charge in [0.25, 0.3) is 0 Å². The summed E-state index contributed by atoms with van der Waals surface area (Å²) in [5.41, 5.74) is 0.870. The van der Waals surface area contributed by atoms with E-state index in [0.29, 0.717) is 19.6 Å². The van der Waals surface area contributed by atoms with Crippen molar-refractivity contribution >= 4 is 21.8 Å². The molecule has 0 spiro atoms. The van der Waals surface area contributed by atoms with Crippen molar-refractivity contribution in [1.82, 2.24) is 10.6 Å². The number of hydrogen-bond acceptors (Lipinski definition) is 2. The second-order valence-electron chi connectivity index (χ2n) is 3.44. The number of carbonyl (C=O) groups excluding carboxylic acids is 1. The molecule has 0 bridgehead atoms. The zero-order valence-electron chi connectivity index (χ0n) is 9.02. The van der Waals surface area contributed by atoms with E-state index < -0.39 is 0 Å². The summed E-state index contributed by atoms with van der Waals surface area (Å²) in [4.78, 5) is 10.6. The van der Waals surface area contributed by atoms with Gasteiger partial charge in [0.1, 0.15) is 5.82 Å². The van der Waals surface area contributed by atoms with E-state index in [1.54, 1.807) is 0 Å². The molecule has 5 heteroatoms. The molecule has 1 amide bonds. The van der Waals surface area contributed by atoms with Crippen LogP contribution in [0.4, 0.5) is 4.39 Å². The van der Waals surface area contributed by atoms with Crippen LogP contribution in [-0.4, -0.2) is 19.0 Å².